The summed E-state index contributed by atoms with van der Waals surface area (Å²) in [5.41, 5.74) is 5.77. The third-order valence-corrected chi connectivity index (χ3v) is 3.50. The fraction of sp³-hybridized carbons (Fsp3) is 0.312. The normalized spacial score (nSPS) is 10.7. The van der Waals surface area contributed by atoms with Crippen LogP contribution in [0.1, 0.15) is 28.9 Å². The van der Waals surface area contributed by atoms with Crippen molar-refractivity contribution >= 4 is 5.97 Å². The quantitative estimate of drug-likeness (QED) is 0.912. The Bertz CT molecular complexity index is 611. The molecule has 3 nitrogen and oxygen atoms in total. The van der Waals surface area contributed by atoms with Crippen molar-refractivity contribution in [1.29, 1.82) is 0 Å². The molecule has 1 aromatic carbocycles. The van der Waals surface area contributed by atoms with Crippen LogP contribution in [0.4, 0.5) is 0 Å². The predicted molar refractivity (Wildman–Crippen MR) is 75.9 cm³/mol. The van der Waals surface area contributed by atoms with Crippen LogP contribution in [0.2, 0.25) is 0 Å². The van der Waals surface area contributed by atoms with Crippen molar-refractivity contribution < 1.29 is 9.90 Å². The second-order valence-electron chi connectivity index (χ2n) is 4.91. The van der Waals surface area contributed by atoms with Crippen molar-refractivity contribution in [3.05, 3.63) is 52.8 Å². The van der Waals surface area contributed by atoms with E-state index in [-0.39, 0.29) is 6.42 Å². The number of carbonyl (C=O) groups is 1. The molecule has 0 radical (unpaired) electrons. The van der Waals surface area contributed by atoms with Crippen molar-refractivity contribution in [1.82, 2.24) is 4.57 Å². The van der Waals surface area contributed by atoms with Crippen LogP contribution < -0.4 is 0 Å². The molecule has 1 N–H and O–H groups in total. The van der Waals surface area contributed by atoms with Crippen LogP contribution in [0.5, 0.6) is 0 Å². The number of rotatable bonds is 4. The number of carboxylic acids is 1. The van der Waals surface area contributed by atoms with Crippen LogP contribution in [0.25, 0.3) is 5.69 Å². The van der Waals surface area contributed by atoms with Gasteiger partial charge in [0.15, 0.2) is 0 Å². The molecule has 0 fully saturated rings. The standard InChI is InChI=1S/C16H19NO2/c1-11-6-4-5-7-15(11)17-12(2)10-14(13(17)3)8-9-16(18)19/h4-7,10H,8-9H2,1-3H3,(H,18,19). The number of nitrogens with zero attached hydrogens (tertiary/aromatic N) is 1. The van der Waals surface area contributed by atoms with Gasteiger partial charge in [0, 0.05) is 23.5 Å². The first-order chi connectivity index (χ1) is 9.00. The van der Waals surface area contributed by atoms with Gasteiger partial charge in [-0.1, -0.05) is 18.2 Å². The van der Waals surface area contributed by atoms with Crippen LogP contribution in [0.3, 0.4) is 0 Å². The van der Waals surface area contributed by atoms with Gasteiger partial charge in [-0.3, -0.25) is 4.79 Å². The Balaban J connectivity index is 2.42. The minimum atomic E-state index is -0.749. The van der Waals surface area contributed by atoms with E-state index in [1.54, 1.807) is 0 Å². The Kier molecular flexibility index (Phi) is 3.74. The first kappa shape index (κ1) is 13.4. The number of carboxylic acid groups (broad SMARTS) is 1. The number of aromatic nitrogens is 1. The monoisotopic (exact) mass is 257 g/mol. The van der Waals surface area contributed by atoms with Gasteiger partial charge in [0.1, 0.15) is 0 Å². The van der Waals surface area contributed by atoms with Gasteiger partial charge in [-0.15, -0.1) is 0 Å². The second-order valence-corrected chi connectivity index (χ2v) is 4.91. The number of hydrogen-bond donors (Lipinski definition) is 1. The van der Waals surface area contributed by atoms with Gasteiger partial charge in [-0.05, 0) is 50.5 Å². The van der Waals surface area contributed by atoms with Crippen molar-refractivity contribution in [3.8, 4) is 5.69 Å². The zero-order chi connectivity index (χ0) is 14.0. The number of para-hydroxylation sites is 1. The largest absolute Gasteiger partial charge is 0.481 e. The topological polar surface area (TPSA) is 42.2 Å². The summed E-state index contributed by atoms with van der Waals surface area (Å²) in [7, 11) is 0. The SMILES string of the molecule is Cc1ccccc1-n1c(C)cc(CCC(=O)O)c1C. The molecule has 0 amide bonds. The van der Waals surface area contributed by atoms with E-state index in [0.29, 0.717) is 6.42 Å². The zero-order valence-electron chi connectivity index (χ0n) is 11.6. The summed E-state index contributed by atoms with van der Waals surface area (Å²) in [5.74, 6) is -0.749. The Morgan fingerprint density at radius 1 is 1.21 bits per heavy atom. The molecule has 0 saturated heterocycles. The summed E-state index contributed by atoms with van der Waals surface area (Å²) < 4.78 is 2.20. The molecule has 2 aromatic rings. The molecule has 1 heterocycles. The molecular formula is C16H19NO2. The molecule has 3 heteroatoms. The molecule has 0 aliphatic carbocycles. The first-order valence-corrected chi connectivity index (χ1v) is 6.46. The third-order valence-electron chi connectivity index (χ3n) is 3.50. The molecule has 0 spiro atoms. The Morgan fingerprint density at radius 3 is 2.53 bits per heavy atom. The minimum Gasteiger partial charge on any atom is -0.481 e. The van der Waals surface area contributed by atoms with Gasteiger partial charge in [0.05, 0.1) is 0 Å². The maximum Gasteiger partial charge on any atom is 0.303 e. The lowest BCUT2D eigenvalue weighted by Crippen LogP contribution is -2.02. The highest BCUT2D eigenvalue weighted by molar-refractivity contribution is 5.67. The number of benzene rings is 1. The van der Waals surface area contributed by atoms with Crippen molar-refractivity contribution in [2.45, 2.75) is 33.6 Å². The van der Waals surface area contributed by atoms with Gasteiger partial charge >= 0.3 is 5.97 Å². The number of aliphatic carboxylic acids is 1. The van der Waals surface area contributed by atoms with Crippen LogP contribution in [0.15, 0.2) is 30.3 Å². The minimum absolute atomic E-state index is 0.179. The van der Waals surface area contributed by atoms with E-state index in [4.69, 9.17) is 5.11 Å². The zero-order valence-corrected chi connectivity index (χ0v) is 11.6. The number of hydrogen-bond acceptors (Lipinski definition) is 1. The van der Waals surface area contributed by atoms with Crippen molar-refractivity contribution in [3.63, 3.8) is 0 Å². The Morgan fingerprint density at radius 2 is 1.89 bits per heavy atom. The lowest BCUT2D eigenvalue weighted by Gasteiger charge is -2.12. The summed E-state index contributed by atoms with van der Waals surface area (Å²) in [5, 5.41) is 8.80. The van der Waals surface area contributed by atoms with Crippen LogP contribution in [0, 0.1) is 20.8 Å². The fourth-order valence-electron chi connectivity index (χ4n) is 2.51. The first-order valence-electron chi connectivity index (χ1n) is 6.46. The van der Waals surface area contributed by atoms with E-state index in [0.717, 1.165) is 17.0 Å². The van der Waals surface area contributed by atoms with Gasteiger partial charge < -0.3 is 9.67 Å². The highest BCUT2D eigenvalue weighted by atomic mass is 16.4. The summed E-state index contributed by atoms with van der Waals surface area (Å²) in [6, 6.07) is 10.3. The maximum atomic E-state index is 10.7. The molecule has 0 unspecified atom stereocenters. The third kappa shape index (κ3) is 2.70. The fourth-order valence-corrected chi connectivity index (χ4v) is 2.51. The number of aryl methyl sites for hydroxylation is 3. The summed E-state index contributed by atoms with van der Waals surface area (Å²) in [6.45, 7) is 6.20. The average molecular weight is 257 g/mol. The lowest BCUT2D eigenvalue weighted by atomic mass is 10.1. The smallest absolute Gasteiger partial charge is 0.303 e. The van der Waals surface area contributed by atoms with Crippen molar-refractivity contribution in [2.24, 2.45) is 0 Å². The van der Waals surface area contributed by atoms with E-state index < -0.39 is 5.97 Å². The predicted octanol–water partition coefficient (Wildman–Crippen LogP) is 3.42. The lowest BCUT2D eigenvalue weighted by molar-refractivity contribution is -0.136. The van der Waals surface area contributed by atoms with Gasteiger partial charge in [-0.25, -0.2) is 0 Å². The van der Waals surface area contributed by atoms with E-state index >= 15 is 0 Å². The summed E-state index contributed by atoms with van der Waals surface area (Å²) in [4.78, 5) is 10.7. The molecule has 0 bridgehead atoms. The van der Waals surface area contributed by atoms with Crippen LogP contribution in [-0.4, -0.2) is 15.6 Å². The Hall–Kier alpha value is -2.03. The van der Waals surface area contributed by atoms with Crippen molar-refractivity contribution in [2.75, 3.05) is 0 Å². The van der Waals surface area contributed by atoms with E-state index in [9.17, 15) is 4.79 Å². The molecule has 0 aliphatic rings. The van der Waals surface area contributed by atoms with E-state index in [1.807, 2.05) is 12.1 Å². The van der Waals surface area contributed by atoms with E-state index in [2.05, 4.69) is 43.5 Å². The Labute approximate surface area is 113 Å². The molecular weight excluding hydrogens is 238 g/mol. The molecule has 2 rings (SSSR count). The van der Waals surface area contributed by atoms with Crippen LogP contribution in [-0.2, 0) is 11.2 Å². The van der Waals surface area contributed by atoms with Crippen LogP contribution >= 0.6 is 0 Å². The summed E-state index contributed by atoms with van der Waals surface area (Å²) in [6.07, 6.45) is 0.763. The van der Waals surface area contributed by atoms with E-state index in [1.165, 1.54) is 11.3 Å². The van der Waals surface area contributed by atoms with Gasteiger partial charge in [-0.2, -0.15) is 0 Å². The summed E-state index contributed by atoms with van der Waals surface area (Å²) >= 11 is 0. The molecule has 0 saturated carbocycles. The molecule has 0 aliphatic heterocycles. The van der Waals surface area contributed by atoms with Gasteiger partial charge in [0.2, 0.25) is 0 Å². The highest BCUT2D eigenvalue weighted by Gasteiger charge is 2.12. The molecule has 100 valence electrons. The second kappa shape index (κ2) is 5.31. The average Bonchev–Trinajstić information content (AvgIpc) is 2.63. The van der Waals surface area contributed by atoms with Gasteiger partial charge in [0.25, 0.3) is 0 Å². The molecule has 1 aromatic heterocycles. The maximum absolute atomic E-state index is 10.7. The molecule has 0 atom stereocenters. The molecule has 19 heavy (non-hydrogen) atoms. The highest BCUT2D eigenvalue weighted by Crippen LogP contribution is 2.23.